The SMILES string of the molecule is COc1cc(NC(=O)[C@@H]2C[C@@H]2C(=O)O)ccc1Br. The van der Waals surface area contributed by atoms with Crippen molar-refractivity contribution in [3.8, 4) is 5.75 Å². The highest BCUT2D eigenvalue weighted by Crippen LogP contribution is 2.39. The minimum Gasteiger partial charge on any atom is -0.495 e. The van der Waals surface area contributed by atoms with E-state index in [0.717, 1.165) is 4.47 Å². The fourth-order valence-electron chi connectivity index (χ4n) is 1.73. The molecule has 0 aliphatic heterocycles. The first-order valence-corrected chi connectivity index (χ1v) is 6.19. The Balaban J connectivity index is 2.02. The Kier molecular flexibility index (Phi) is 3.56. The Bertz CT molecular complexity index is 503. The van der Waals surface area contributed by atoms with Crippen molar-refractivity contribution in [3.63, 3.8) is 0 Å². The molecule has 2 atom stereocenters. The largest absolute Gasteiger partial charge is 0.495 e. The monoisotopic (exact) mass is 313 g/mol. The van der Waals surface area contributed by atoms with Gasteiger partial charge in [-0.3, -0.25) is 9.59 Å². The van der Waals surface area contributed by atoms with Crippen LogP contribution in [0.4, 0.5) is 5.69 Å². The van der Waals surface area contributed by atoms with Crippen molar-refractivity contribution >= 4 is 33.5 Å². The first kappa shape index (κ1) is 12.9. The van der Waals surface area contributed by atoms with E-state index >= 15 is 0 Å². The summed E-state index contributed by atoms with van der Waals surface area (Å²) in [4.78, 5) is 22.4. The second-order valence-corrected chi connectivity index (χ2v) is 4.98. The van der Waals surface area contributed by atoms with Crippen LogP contribution >= 0.6 is 15.9 Å². The average Bonchev–Trinajstić information content (AvgIpc) is 3.11. The van der Waals surface area contributed by atoms with Gasteiger partial charge in [0.25, 0.3) is 0 Å². The van der Waals surface area contributed by atoms with E-state index in [1.807, 2.05) is 0 Å². The number of carboxylic acids is 1. The van der Waals surface area contributed by atoms with Crippen molar-refractivity contribution < 1.29 is 19.4 Å². The Morgan fingerprint density at radius 3 is 2.72 bits per heavy atom. The van der Waals surface area contributed by atoms with Gasteiger partial charge in [-0.15, -0.1) is 0 Å². The van der Waals surface area contributed by atoms with E-state index in [1.54, 1.807) is 18.2 Å². The standard InChI is InChI=1S/C12H12BrNO4/c1-18-10-4-6(2-3-9(10)13)14-11(15)7-5-8(7)12(16)17/h2-4,7-8H,5H2,1H3,(H,14,15)(H,16,17)/t7-,8+/m1/s1. The molecule has 1 amide bonds. The van der Waals surface area contributed by atoms with Gasteiger partial charge in [0.15, 0.2) is 0 Å². The van der Waals surface area contributed by atoms with Crippen LogP contribution in [-0.4, -0.2) is 24.1 Å². The molecule has 1 aliphatic rings. The van der Waals surface area contributed by atoms with Crippen LogP contribution in [0.5, 0.6) is 5.75 Å². The smallest absolute Gasteiger partial charge is 0.307 e. The molecule has 0 spiro atoms. The summed E-state index contributed by atoms with van der Waals surface area (Å²) >= 11 is 3.31. The van der Waals surface area contributed by atoms with E-state index in [-0.39, 0.29) is 5.91 Å². The van der Waals surface area contributed by atoms with Crippen LogP contribution in [0, 0.1) is 11.8 Å². The lowest BCUT2D eigenvalue weighted by Crippen LogP contribution is -2.16. The molecule has 6 heteroatoms. The van der Waals surface area contributed by atoms with Gasteiger partial charge in [0.1, 0.15) is 5.75 Å². The number of methoxy groups -OCH3 is 1. The molecule has 2 N–H and O–H groups in total. The fourth-order valence-corrected chi connectivity index (χ4v) is 2.14. The van der Waals surface area contributed by atoms with Crippen LogP contribution in [0.1, 0.15) is 6.42 Å². The van der Waals surface area contributed by atoms with Crippen molar-refractivity contribution in [2.45, 2.75) is 6.42 Å². The third-order valence-electron chi connectivity index (χ3n) is 2.86. The maximum Gasteiger partial charge on any atom is 0.307 e. The Morgan fingerprint density at radius 1 is 1.44 bits per heavy atom. The molecule has 0 radical (unpaired) electrons. The summed E-state index contributed by atoms with van der Waals surface area (Å²) in [5.74, 6) is -1.52. The molecule has 2 rings (SSSR count). The third-order valence-corrected chi connectivity index (χ3v) is 3.52. The Morgan fingerprint density at radius 2 is 2.17 bits per heavy atom. The first-order chi connectivity index (χ1) is 8.52. The van der Waals surface area contributed by atoms with Crippen molar-refractivity contribution in [1.82, 2.24) is 0 Å². The summed E-state index contributed by atoms with van der Waals surface area (Å²) in [5, 5.41) is 11.4. The minimum atomic E-state index is -0.913. The maximum absolute atomic E-state index is 11.7. The van der Waals surface area contributed by atoms with Gasteiger partial charge < -0.3 is 15.2 Å². The number of nitrogens with one attached hydrogen (secondary N) is 1. The van der Waals surface area contributed by atoms with Crippen LogP contribution in [0.3, 0.4) is 0 Å². The molecule has 0 bridgehead atoms. The topological polar surface area (TPSA) is 75.6 Å². The van der Waals surface area contributed by atoms with Crippen molar-refractivity contribution in [3.05, 3.63) is 22.7 Å². The van der Waals surface area contributed by atoms with Crippen LogP contribution < -0.4 is 10.1 Å². The molecule has 0 aromatic heterocycles. The quantitative estimate of drug-likeness (QED) is 0.892. The average molecular weight is 314 g/mol. The second kappa shape index (κ2) is 4.97. The van der Waals surface area contributed by atoms with Crippen LogP contribution in [-0.2, 0) is 9.59 Å². The van der Waals surface area contributed by atoms with Gasteiger partial charge >= 0.3 is 5.97 Å². The molecule has 0 unspecified atom stereocenters. The highest BCUT2D eigenvalue weighted by atomic mass is 79.9. The number of rotatable bonds is 4. The summed E-state index contributed by atoms with van der Waals surface area (Å²) in [6.45, 7) is 0. The third kappa shape index (κ3) is 2.64. The number of amides is 1. The molecule has 0 heterocycles. The van der Waals surface area contributed by atoms with Gasteiger partial charge in [0, 0.05) is 11.8 Å². The van der Waals surface area contributed by atoms with Crippen molar-refractivity contribution in [2.24, 2.45) is 11.8 Å². The first-order valence-electron chi connectivity index (χ1n) is 5.40. The number of carboxylic acid groups (broad SMARTS) is 1. The number of aliphatic carboxylic acids is 1. The minimum absolute atomic E-state index is 0.258. The number of hydrogen-bond donors (Lipinski definition) is 2. The van der Waals surface area contributed by atoms with Gasteiger partial charge in [-0.1, -0.05) is 0 Å². The lowest BCUT2D eigenvalue weighted by atomic mass is 10.2. The highest BCUT2D eigenvalue weighted by molar-refractivity contribution is 9.10. The molecule has 1 aliphatic carbocycles. The van der Waals surface area contributed by atoms with Gasteiger partial charge in [-0.05, 0) is 34.5 Å². The second-order valence-electron chi connectivity index (χ2n) is 4.13. The number of carbonyl (C=O) groups excluding carboxylic acids is 1. The zero-order valence-electron chi connectivity index (χ0n) is 9.64. The van der Waals surface area contributed by atoms with Gasteiger partial charge in [-0.25, -0.2) is 0 Å². The molecular formula is C12H12BrNO4. The van der Waals surface area contributed by atoms with Crippen LogP contribution in [0.15, 0.2) is 22.7 Å². The number of ether oxygens (including phenoxy) is 1. The van der Waals surface area contributed by atoms with E-state index < -0.39 is 17.8 Å². The molecule has 96 valence electrons. The zero-order chi connectivity index (χ0) is 13.3. The predicted molar refractivity (Wildman–Crippen MR) is 68.6 cm³/mol. The number of halogens is 1. The van der Waals surface area contributed by atoms with Gasteiger partial charge in [-0.2, -0.15) is 0 Å². The maximum atomic E-state index is 11.7. The van der Waals surface area contributed by atoms with E-state index in [2.05, 4.69) is 21.2 Å². The molecule has 18 heavy (non-hydrogen) atoms. The van der Waals surface area contributed by atoms with Crippen LogP contribution in [0.25, 0.3) is 0 Å². The normalized spacial score (nSPS) is 21.2. The van der Waals surface area contributed by atoms with Crippen molar-refractivity contribution in [2.75, 3.05) is 12.4 Å². The molecular weight excluding hydrogens is 302 g/mol. The Hall–Kier alpha value is -1.56. The number of benzene rings is 1. The molecule has 1 saturated carbocycles. The Labute approximate surface area is 112 Å². The van der Waals surface area contributed by atoms with E-state index in [4.69, 9.17) is 9.84 Å². The van der Waals surface area contributed by atoms with Gasteiger partial charge in [0.2, 0.25) is 5.91 Å². The van der Waals surface area contributed by atoms with E-state index in [0.29, 0.717) is 17.9 Å². The summed E-state index contributed by atoms with van der Waals surface area (Å²) in [7, 11) is 1.53. The molecule has 0 saturated heterocycles. The fraction of sp³-hybridized carbons (Fsp3) is 0.333. The van der Waals surface area contributed by atoms with Gasteiger partial charge in [0.05, 0.1) is 23.4 Å². The van der Waals surface area contributed by atoms with Crippen molar-refractivity contribution in [1.29, 1.82) is 0 Å². The summed E-state index contributed by atoms with van der Waals surface area (Å²) in [5.41, 5.74) is 0.594. The summed E-state index contributed by atoms with van der Waals surface area (Å²) in [6.07, 6.45) is 0.412. The van der Waals surface area contributed by atoms with E-state index in [9.17, 15) is 9.59 Å². The predicted octanol–water partition coefficient (Wildman–Crippen LogP) is 2.12. The summed E-state index contributed by atoms with van der Waals surface area (Å²) in [6, 6.07) is 5.17. The lowest BCUT2D eigenvalue weighted by molar-refractivity contribution is -0.139. The molecule has 1 aromatic carbocycles. The number of carbonyl (C=O) groups is 2. The highest BCUT2D eigenvalue weighted by Gasteiger charge is 2.48. The lowest BCUT2D eigenvalue weighted by Gasteiger charge is -2.08. The zero-order valence-corrected chi connectivity index (χ0v) is 11.2. The van der Waals surface area contributed by atoms with E-state index in [1.165, 1.54) is 7.11 Å². The molecule has 5 nitrogen and oxygen atoms in total. The molecule has 1 fully saturated rings. The van der Waals surface area contributed by atoms with Crippen LogP contribution in [0.2, 0.25) is 0 Å². The molecule has 1 aromatic rings. The number of hydrogen-bond acceptors (Lipinski definition) is 3. The number of anilines is 1. The summed E-state index contributed by atoms with van der Waals surface area (Å²) < 4.78 is 5.90.